The van der Waals surface area contributed by atoms with Crippen molar-refractivity contribution in [2.45, 2.75) is 0 Å². The Balaban J connectivity index is 2.83. The van der Waals surface area contributed by atoms with E-state index in [1.54, 1.807) is 0 Å². The van der Waals surface area contributed by atoms with E-state index < -0.39 is 0 Å². The van der Waals surface area contributed by atoms with Crippen LogP contribution in [0.25, 0.3) is 0 Å². The second kappa shape index (κ2) is 5.94. The standard InChI is InChI=1S/C9H11NOS2/c12-6-10-9(11-7-13)8-4-2-1-3-5-8/h1-5,12-13H,6-7H2/b10-9-. The maximum absolute atomic E-state index is 5.23. The molecule has 0 aliphatic rings. The molecule has 1 aromatic carbocycles. The molecule has 0 fully saturated rings. The van der Waals surface area contributed by atoms with Gasteiger partial charge in [0.15, 0.2) is 0 Å². The predicted molar refractivity (Wildman–Crippen MR) is 61.8 cm³/mol. The summed E-state index contributed by atoms with van der Waals surface area (Å²) in [5.74, 6) is 1.32. The number of hydrogen-bond donors (Lipinski definition) is 2. The van der Waals surface area contributed by atoms with Crippen molar-refractivity contribution in [1.82, 2.24) is 0 Å². The van der Waals surface area contributed by atoms with Gasteiger partial charge in [0.25, 0.3) is 0 Å². The molecule has 0 aromatic heterocycles. The minimum Gasteiger partial charge on any atom is -0.467 e. The molecule has 0 amide bonds. The van der Waals surface area contributed by atoms with E-state index in [1.165, 1.54) is 0 Å². The average Bonchev–Trinajstić information content (AvgIpc) is 2.19. The minimum atomic E-state index is 0.321. The van der Waals surface area contributed by atoms with E-state index in [0.29, 0.717) is 17.7 Å². The molecule has 0 aliphatic carbocycles. The van der Waals surface area contributed by atoms with E-state index in [0.717, 1.165) is 5.56 Å². The van der Waals surface area contributed by atoms with E-state index >= 15 is 0 Å². The van der Waals surface area contributed by atoms with Gasteiger partial charge in [-0.15, -0.1) is 12.6 Å². The van der Waals surface area contributed by atoms with Crippen molar-refractivity contribution in [1.29, 1.82) is 0 Å². The lowest BCUT2D eigenvalue weighted by Crippen LogP contribution is -2.05. The summed E-state index contributed by atoms with van der Waals surface area (Å²) in [6.45, 7) is 0. The molecule has 0 aliphatic heterocycles. The van der Waals surface area contributed by atoms with Gasteiger partial charge in [-0.2, -0.15) is 12.6 Å². The van der Waals surface area contributed by atoms with Crippen LogP contribution >= 0.6 is 25.3 Å². The van der Waals surface area contributed by atoms with Crippen molar-refractivity contribution in [2.24, 2.45) is 4.99 Å². The van der Waals surface area contributed by atoms with Gasteiger partial charge in [0.2, 0.25) is 5.90 Å². The number of benzene rings is 1. The second-order valence-electron chi connectivity index (χ2n) is 2.24. The first kappa shape index (κ1) is 10.5. The third-order valence-corrected chi connectivity index (χ3v) is 1.71. The molecule has 0 saturated carbocycles. The number of nitrogens with zero attached hydrogens (tertiary/aromatic N) is 1. The monoisotopic (exact) mass is 213 g/mol. The summed E-state index contributed by atoms with van der Waals surface area (Å²) in [7, 11) is 0. The van der Waals surface area contributed by atoms with Crippen LogP contribution < -0.4 is 0 Å². The van der Waals surface area contributed by atoms with Gasteiger partial charge in [0.05, 0.1) is 5.88 Å². The lowest BCUT2D eigenvalue weighted by atomic mass is 10.2. The highest BCUT2D eigenvalue weighted by Gasteiger charge is 2.01. The van der Waals surface area contributed by atoms with Crippen LogP contribution in [0.2, 0.25) is 0 Å². The Morgan fingerprint density at radius 1 is 1.23 bits per heavy atom. The summed E-state index contributed by atoms with van der Waals surface area (Å²) < 4.78 is 5.23. The van der Waals surface area contributed by atoms with Crippen molar-refractivity contribution < 1.29 is 4.74 Å². The molecule has 1 aromatic rings. The van der Waals surface area contributed by atoms with Gasteiger partial charge in [-0.25, -0.2) is 4.99 Å². The fraction of sp³-hybridized carbons (Fsp3) is 0.222. The summed E-state index contributed by atoms with van der Waals surface area (Å²) in [6, 6.07) is 9.69. The molecule has 13 heavy (non-hydrogen) atoms. The van der Waals surface area contributed by atoms with Crippen molar-refractivity contribution in [2.75, 3.05) is 11.8 Å². The van der Waals surface area contributed by atoms with Gasteiger partial charge in [0, 0.05) is 5.56 Å². The highest BCUT2D eigenvalue weighted by Crippen LogP contribution is 2.03. The van der Waals surface area contributed by atoms with Crippen LogP contribution in [0, 0.1) is 0 Å². The van der Waals surface area contributed by atoms with Crippen molar-refractivity contribution in [3.8, 4) is 0 Å². The molecular weight excluding hydrogens is 202 g/mol. The highest BCUT2D eigenvalue weighted by molar-refractivity contribution is 7.80. The van der Waals surface area contributed by atoms with E-state index in [9.17, 15) is 0 Å². The summed E-state index contributed by atoms with van der Waals surface area (Å²) in [6.07, 6.45) is 0. The number of thiol groups is 2. The summed E-state index contributed by atoms with van der Waals surface area (Å²) in [5, 5.41) is 0. The van der Waals surface area contributed by atoms with Crippen LogP contribution in [0.15, 0.2) is 35.3 Å². The molecule has 0 heterocycles. The smallest absolute Gasteiger partial charge is 0.217 e. The van der Waals surface area contributed by atoms with Gasteiger partial charge in [-0.3, -0.25) is 0 Å². The summed E-state index contributed by atoms with van der Waals surface area (Å²) >= 11 is 7.99. The second-order valence-corrected chi connectivity index (χ2v) is 2.79. The van der Waals surface area contributed by atoms with Crippen molar-refractivity contribution in [3.05, 3.63) is 35.9 Å². The summed E-state index contributed by atoms with van der Waals surface area (Å²) in [4.78, 5) is 4.09. The van der Waals surface area contributed by atoms with Gasteiger partial charge in [-0.1, -0.05) is 18.2 Å². The molecule has 0 radical (unpaired) electrons. The molecule has 0 N–H and O–H groups in total. The SMILES string of the molecule is SC/N=C(\OCS)c1ccccc1. The Bertz CT molecular complexity index is 274. The molecule has 0 unspecified atom stereocenters. The zero-order valence-corrected chi connectivity index (χ0v) is 8.84. The lowest BCUT2D eigenvalue weighted by molar-refractivity contribution is 0.383. The Hall–Kier alpha value is -0.610. The molecule has 0 saturated heterocycles. The average molecular weight is 213 g/mol. The fourth-order valence-electron chi connectivity index (χ4n) is 0.926. The topological polar surface area (TPSA) is 21.6 Å². The van der Waals surface area contributed by atoms with Crippen molar-refractivity contribution in [3.63, 3.8) is 0 Å². The largest absolute Gasteiger partial charge is 0.467 e. The summed E-state index contributed by atoms with van der Waals surface area (Å²) in [5.41, 5.74) is 0.950. The molecule has 0 atom stereocenters. The first-order valence-electron chi connectivity index (χ1n) is 3.83. The van der Waals surface area contributed by atoms with Crippen LogP contribution in [0.5, 0.6) is 0 Å². The van der Waals surface area contributed by atoms with Crippen LogP contribution in [0.1, 0.15) is 5.56 Å². The van der Waals surface area contributed by atoms with Crippen LogP contribution in [0.4, 0.5) is 0 Å². The lowest BCUT2D eigenvalue weighted by Gasteiger charge is -2.05. The van der Waals surface area contributed by atoms with Gasteiger partial charge in [-0.05, 0) is 12.1 Å². The van der Waals surface area contributed by atoms with Gasteiger partial charge in [0.1, 0.15) is 5.94 Å². The van der Waals surface area contributed by atoms with E-state index in [2.05, 4.69) is 30.2 Å². The van der Waals surface area contributed by atoms with E-state index in [1.807, 2.05) is 30.3 Å². The maximum Gasteiger partial charge on any atom is 0.217 e. The van der Waals surface area contributed by atoms with Crippen LogP contribution in [0.3, 0.4) is 0 Å². The van der Waals surface area contributed by atoms with Crippen LogP contribution in [-0.2, 0) is 4.74 Å². The first-order chi connectivity index (χ1) is 6.38. The zero-order valence-electron chi connectivity index (χ0n) is 7.05. The normalized spacial score (nSPS) is 11.4. The zero-order chi connectivity index (χ0) is 9.52. The molecule has 0 spiro atoms. The number of aliphatic imine (C=N–C) groups is 1. The maximum atomic E-state index is 5.23. The first-order valence-corrected chi connectivity index (χ1v) is 5.09. The Morgan fingerprint density at radius 2 is 1.92 bits per heavy atom. The Kier molecular flexibility index (Phi) is 4.78. The third kappa shape index (κ3) is 3.32. The molecule has 1 rings (SSSR count). The van der Waals surface area contributed by atoms with Crippen molar-refractivity contribution >= 4 is 31.2 Å². The predicted octanol–water partition coefficient (Wildman–Crippen LogP) is 2.22. The molecule has 4 heteroatoms. The number of ether oxygens (including phenoxy) is 1. The third-order valence-electron chi connectivity index (χ3n) is 1.44. The van der Waals surface area contributed by atoms with Gasteiger partial charge >= 0.3 is 0 Å². The highest BCUT2D eigenvalue weighted by atomic mass is 32.1. The Labute approximate surface area is 88.8 Å². The van der Waals surface area contributed by atoms with E-state index in [4.69, 9.17) is 4.74 Å². The molecule has 2 nitrogen and oxygen atoms in total. The minimum absolute atomic E-state index is 0.321. The molecular formula is C9H11NOS2. The number of rotatable bonds is 3. The Morgan fingerprint density at radius 3 is 2.46 bits per heavy atom. The van der Waals surface area contributed by atoms with Crippen LogP contribution in [-0.4, -0.2) is 17.7 Å². The quantitative estimate of drug-likeness (QED) is 0.342. The van der Waals surface area contributed by atoms with Gasteiger partial charge < -0.3 is 4.74 Å². The molecule has 0 bridgehead atoms. The molecule has 70 valence electrons. The van der Waals surface area contributed by atoms with E-state index in [-0.39, 0.29) is 0 Å². The fourth-order valence-corrected chi connectivity index (χ4v) is 1.18. The number of hydrogen-bond acceptors (Lipinski definition) is 4.